The smallest absolute Gasteiger partial charge is 0.165 e. The summed E-state index contributed by atoms with van der Waals surface area (Å²) in [6, 6.07) is 8.23. The molecule has 92 valence electrons. The summed E-state index contributed by atoms with van der Waals surface area (Å²) in [5, 5.41) is 1.19. The Morgan fingerprint density at radius 1 is 1.22 bits per heavy atom. The minimum absolute atomic E-state index is 0.376. The predicted octanol–water partition coefficient (Wildman–Crippen LogP) is 3.91. The minimum atomic E-state index is 0.376. The van der Waals surface area contributed by atoms with Crippen LogP contribution in [-0.4, -0.2) is 14.5 Å². The first-order valence-electron chi connectivity index (χ1n) is 6.07. The molecule has 18 heavy (non-hydrogen) atoms. The minimum Gasteiger partial charge on any atom is -0.271 e. The highest BCUT2D eigenvalue weighted by Gasteiger charge is 2.16. The van der Waals surface area contributed by atoms with Gasteiger partial charge in [0.05, 0.1) is 0 Å². The predicted molar refractivity (Wildman–Crippen MR) is 75.6 cm³/mol. The lowest BCUT2D eigenvalue weighted by Gasteiger charge is -2.08. The van der Waals surface area contributed by atoms with E-state index in [1.165, 1.54) is 9.88 Å². The van der Waals surface area contributed by atoms with Crippen LogP contribution in [0.3, 0.4) is 0 Å². The molecule has 0 atom stereocenters. The van der Waals surface area contributed by atoms with Crippen LogP contribution in [0.5, 0.6) is 0 Å². The third kappa shape index (κ3) is 1.73. The van der Waals surface area contributed by atoms with Crippen molar-refractivity contribution in [2.45, 2.75) is 26.7 Å². The normalized spacial score (nSPS) is 11.6. The van der Waals surface area contributed by atoms with Crippen molar-refractivity contribution in [2.24, 2.45) is 0 Å². The molecule has 0 radical (unpaired) electrons. The Labute approximate surface area is 110 Å². The van der Waals surface area contributed by atoms with Crippen LogP contribution in [0.2, 0.25) is 0 Å². The molecule has 0 aliphatic heterocycles. The molecule has 0 spiro atoms. The Morgan fingerprint density at radius 3 is 2.72 bits per heavy atom. The zero-order chi connectivity index (χ0) is 12.7. The van der Waals surface area contributed by atoms with Gasteiger partial charge >= 0.3 is 0 Å². The molecule has 0 bridgehead atoms. The number of hydrogen-bond acceptors (Lipinski definition) is 3. The Balaban J connectivity index is 2.34. The molecule has 3 rings (SSSR count). The van der Waals surface area contributed by atoms with Crippen molar-refractivity contribution in [1.82, 2.24) is 14.5 Å². The van der Waals surface area contributed by atoms with E-state index in [0.717, 1.165) is 17.0 Å². The average Bonchev–Trinajstić information content (AvgIpc) is 2.92. The SMILES string of the molecule is Cc1ccc(-n2c(C(C)C)nc3cccnc32)s1. The van der Waals surface area contributed by atoms with Gasteiger partial charge in [0.1, 0.15) is 16.3 Å². The van der Waals surface area contributed by atoms with E-state index in [4.69, 9.17) is 4.98 Å². The molecular weight excluding hydrogens is 242 g/mol. The molecule has 3 aromatic rings. The third-order valence-electron chi connectivity index (χ3n) is 2.90. The first-order chi connectivity index (χ1) is 8.66. The summed E-state index contributed by atoms with van der Waals surface area (Å²) in [4.78, 5) is 10.5. The van der Waals surface area contributed by atoms with Crippen LogP contribution in [0.1, 0.15) is 30.5 Å². The van der Waals surface area contributed by atoms with E-state index in [0.29, 0.717) is 5.92 Å². The second-order valence-corrected chi connectivity index (χ2v) is 5.96. The molecule has 0 aliphatic carbocycles. The van der Waals surface area contributed by atoms with E-state index in [2.05, 4.69) is 42.5 Å². The number of nitrogens with zero attached hydrogens (tertiary/aromatic N) is 3. The summed E-state index contributed by atoms with van der Waals surface area (Å²) in [5.74, 6) is 1.45. The van der Waals surface area contributed by atoms with Crippen LogP contribution < -0.4 is 0 Å². The lowest BCUT2D eigenvalue weighted by Crippen LogP contribution is -2.01. The van der Waals surface area contributed by atoms with E-state index >= 15 is 0 Å². The standard InChI is InChI=1S/C14H15N3S/c1-9(2)13-16-11-5-4-8-15-14(11)17(13)12-7-6-10(3)18-12/h4-9H,1-3H3. The molecule has 3 aromatic heterocycles. The summed E-state index contributed by atoms with van der Waals surface area (Å²) in [7, 11) is 0. The number of rotatable bonds is 2. The molecular formula is C14H15N3S. The number of thiophene rings is 1. The van der Waals surface area contributed by atoms with Crippen molar-refractivity contribution in [2.75, 3.05) is 0 Å². The number of pyridine rings is 1. The van der Waals surface area contributed by atoms with Crippen molar-refractivity contribution in [3.05, 3.63) is 41.2 Å². The zero-order valence-electron chi connectivity index (χ0n) is 10.7. The first kappa shape index (κ1) is 11.4. The van der Waals surface area contributed by atoms with Gasteiger partial charge in [0.15, 0.2) is 5.65 Å². The van der Waals surface area contributed by atoms with E-state index in [9.17, 15) is 0 Å². The summed E-state index contributed by atoms with van der Waals surface area (Å²) in [6.45, 7) is 6.45. The van der Waals surface area contributed by atoms with Crippen LogP contribution in [0.15, 0.2) is 30.5 Å². The quantitative estimate of drug-likeness (QED) is 0.696. The molecule has 0 fully saturated rings. The van der Waals surface area contributed by atoms with Crippen LogP contribution >= 0.6 is 11.3 Å². The average molecular weight is 257 g/mol. The molecule has 0 N–H and O–H groups in total. The molecule has 3 nitrogen and oxygen atoms in total. The summed E-state index contributed by atoms with van der Waals surface area (Å²) < 4.78 is 2.18. The van der Waals surface area contributed by atoms with E-state index in [-0.39, 0.29) is 0 Å². The maximum Gasteiger partial charge on any atom is 0.165 e. The Hall–Kier alpha value is -1.68. The lowest BCUT2D eigenvalue weighted by molar-refractivity contribution is 0.761. The van der Waals surface area contributed by atoms with Gasteiger partial charge in [0, 0.05) is 17.0 Å². The number of hydrogen-bond donors (Lipinski definition) is 0. The topological polar surface area (TPSA) is 30.7 Å². The Kier molecular flexibility index (Phi) is 2.67. The Bertz CT molecular complexity index is 694. The highest BCUT2D eigenvalue weighted by molar-refractivity contribution is 7.14. The molecule has 0 saturated heterocycles. The highest BCUT2D eigenvalue weighted by atomic mass is 32.1. The van der Waals surface area contributed by atoms with Gasteiger partial charge in [0.25, 0.3) is 0 Å². The van der Waals surface area contributed by atoms with E-state index in [1.807, 2.05) is 18.3 Å². The number of imidazole rings is 1. The Morgan fingerprint density at radius 2 is 2.06 bits per heavy atom. The fourth-order valence-electron chi connectivity index (χ4n) is 2.08. The van der Waals surface area contributed by atoms with Gasteiger partial charge in [-0.05, 0) is 31.2 Å². The number of fused-ring (bicyclic) bond motifs is 1. The maximum absolute atomic E-state index is 4.70. The van der Waals surface area contributed by atoms with E-state index < -0.39 is 0 Å². The third-order valence-corrected chi connectivity index (χ3v) is 3.89. The summed E-state index contributed by atoms with van der Waals surface area (Å²) in [6.07, 6.45) is 1.82. The van der Waals surface area contributed by atoms with Gasteiger partial charge in [-0.15, -0.1) is 11.3 Å². The second-order valence-electron chi connectivity index (χ2n) is 4.69. The van der Waals surface area contributed by atoms with Crippen molar-refractivity contribution in [1.29, 1.82) is 0 Å². The van der Waals surface area contributed by atoms with Crippen molar-refractivity contribution in [3.8, 4) is 5.00 Å². The second kappa shape index (κ2) is 4.21. The lowest BCUT2D eigenvalue weighted by atomic mass is 10.2. The van der Waals surface area contributed by atoms with Gasteiger partial charge in [0.2, 0.25) is 0 Å². The zero-order valence-corrected chi connectivity index (χ0v) is 11.5. The molecule has 0 aliphatic rings. The molecule has 0 saturated carbocycles. The summed E-state index contributed by atoms with van der Waals surface area (Å²) in [5.41, 5.74) is 1.91. The van der Waals surface area contributed by atoms with Crippen LogP contribution in [-0.2, 0) is 0 Å². The number of aromatic nitrogens is 3. The van der Waals surface area contributed by atoms with Gasteiger partial charge in [-0.25, -0.2) is 9.97 Å². The molecule has 0 aromatic carbocycles. The molecule has 0 amide bonds. The van der Waals surface area contributed by atoms with Gasteiger partial charge in [-0.1, -0.05) is 13.8 Å². The highest BCUT2D eigenvalue weighted by Crippen LogP contribution is 2.28. The van der Waals surface area contributed by atoms with Gasteiger partial charge < -0.3 is 0 Å². The molecule has 3 heterocycles. The van der Waals surface area contributed by atoms with Gasteiger partial charge in [-0.2, -0.15) is 0 Å². The molecule has 4 heteroatoms. The van der Waals surface area contributed by atoms with Crippen LogP contribution in [0.4, 0.5) is 0 Å². The fraction of sp³-hybridized carbons (Fsp3) is 0.286. The monoisotopic (exact) mass is 257 g/mol. The van der Waals surface area contributed by atoms with Crippen molar-refractivity contribution < 1.29 is 0 Å². The summed E-state index contributed by atoms with van der Waals surface area (Å²) >= 11 is 1.77. The van der Waals surface area contributed by atoms with Crippen LogP contribution in [0, 0.1) is 6.92 Å². The van der Waals surface area contributed by atoms with Crippen molar-refractivity contribution >= 4 is 22.5 Å². The van der Waals surface area contributed by atoms with Crippen LogP contribution in [0.25, 0.3) is 16.2 Å². The largest absolute Gasteiger partial charge is 0.271 e. The van der Waals surface area contributed by atoms with E-state index in [1.54, 1.807) is 11.3 Å². The number of aryl methyl sites for hydroxylation is 1. The fourth-order valence-corrected chi connectivity index (χ4v) is 2.95. The van der Waals surface area contributed by atoms with Gasteiger partial charge in [-0.3, -0.25) is 4.57 Å². The van der Waals surface area contributed by atoms with Crippen molar-refractivity contribution in [3.63, 3.8) is 0 Å². The maximum atomic E-state index is 4.70. The molecule has 0 unspecified atom stereocenters. The first-order valence-corrected chi connectivity index (χ1v) is 6.88.